The Balaban J connectivity index is 1.76. The molecule has 0 radical (unpaired) electrons. The van der Waals surface area contributed by atoms with Crippen molar-refractivity contribution in [3.63, 3.8) is 0 Å². The first-order valence-electron chi connectivity index (χ1n) is 12.9. The maximum Gasteiger partial charge on any atom is 0.322 e. The van der Waals surface area contributed by atoms with E-state index in [-0.39, 0.29) is 12.1 Å². The van der Waals surface area contributed by atoms with Gasteiger partial charge in [-0.05, 0) is 93.5 Å². The molecular weight excluding hydrogens is 486 g/mol. The van der Waals surface area contributed by atoms with E-state index in [0.29, 0.717) is 34.5 Å². The van der Waals surface area contributed by atoms with Crippen molar-refractivity contribution in [2.45, 2.75) is 46.2 Å². The molecule has 3 aromatic carbocycles. The molecule has 0 saturated heterocycles. The van der Waals surface area contributed by atoms with E-state index in [9.17, 15) is 4.79 Å². The van der Waals surface area contributed by atoms with E-state index in [2.05, 4.69) is 31.0 Å². The fourth-order valence-corrected chi connectivity index (χ4v) is 4.34. The number of carbonyl (C=O) groups excluding carboxylic acids is 1. The standard InChI is InChI=1S/C30H38ClN3O3/c1-5-33(6-2)20-10-11-23(3)34(30(35)32-28-14-7-8-15-29(28)36-4)22-24-12-9-13-27(21-24)37-26-18-16-25(31)17-19-26/h7-9,12-19,21,23H,5-6,10-11,20,22H2,1-4H3,(H,32,35). The van der Waals surface area contributed by atoms with Gasteiger partial charge >= 0.3 is 6.03 Å². The molecule has 0 heterocycles. The number of anilines is 1. The number of amides is 2. The maximum atomic E-state index is 13.5. The molecule has 7 heteroatoms. The molecule has 6 nitrogen and oxygen atoms in total. The zero-order valence-electron chi connectivity index (χ0n) is 22.2. The molecule has 0 aromatic heterocycles. The number of nitrogens with one attached hydrogen (secondary N) is 1. The van der Waals surface area contributed by atoms with E-state index in [1.165, 1.54) is 0 Å². The van der Waals surface area contributed by atoms with E-state index in [1.54, 1.807) is 19.2 Å². The second kappa shape index (κ2) is 14.5. The van der Waals surface area contributed by atoms with Gasteiger partial charge in [0.25, 0.3) is 0 Å². The van der Waals surface area contributed by atoms with Gasteiger partial charge in [-0.25, -0.2) is 4.79 Å². The Labute approximate surface area is 226 Å². The van der Waals surface area contributed by atoms with Gasteiger partial charge in [0.2, 0.25) is 0 Å². The van der Waals surface area contributed by atoms with Crippen LogP contribution in [0.3, 0.4) is 0 Å². The van der Waals surface area contributed by atoms with Crippen LogP contribution in [-0.4, -0.2) is 48.6 Å². The van der Waals surface area contributed by atoms with Gasteiger partial charge in [0.15, 0.2) is 0 Å². The number of hydrogen-bond donors (Lipinski definition) is 1. The highest BCUT2D eigenvalue weighted by molar-refractivity contribution is 6.30. The first kappa shape index (κ1) is 28.4. The fourth-order valence-electron chi connectivity index (χ4n) is 4.21. The number of halogens is 1. The third-order valence-electron chi connectivity index (χ3n) is 6.43. The van der Waals surface area contributed by atoms with Crippen molar-refractivity contribution in [3.8, 4) is 17.2 Å². The van der Waals surface area contributed by atoms with Gasteiger partial charge in [-0.2, -0.15) is 0 Å². The Morgan fingerprint density at radius 1 is 0.973 bits per heavy atom. The van der Waals surface area contributed by atoms with Crippen molar-refractivity contribution in [3.05, 3.63) is 83.4 Å². The molecule has 2 amide bonds. The Kier molecular flexibility index (Phi) is 11.1. The zero-order valence-corrected chi connectivity index (χ0v) is 23.0. The number of hydrogen-bond acceptors (Lipinski definition) is 4. The monoisotopic (exact) mass is 523 g/mol. The molecule has 0 fully saturated rings. The lowest BCUT2D eigenvalue weighted by Gasteiger charge is -2.30. The number of methoxy groups -OCH3 is 1. The van der Waals surface area contributed by atoms with Crippen molar-refractivity contribution in [2.24, 2.45) is 0 Å². The van der Waals surface area contributed by atoms with Crippen LogP contribution < -0.4 is 14.8 Å². The van der Waals surface area contributed by atoms with Gasteiger partial charge in [-0.1, -0.05) is 49.7 Å². The molecule has 0 bridgehead atoms. The van der Waals surface area contributed by atoms with Crippen molar-refractivity contribution >= 4 is 23.3 Å². The molecule has 1 unspecified atom stereocenters. The summed E-state index contributed by atoms with van der Waals surface area (Å²) in [5.41, 5.74) is 1.63. The number of nitrogens with zero attached hydrogens (tertiary/aromatic N) is 2. The van der Waals surface area contributed by atoms with E-state index in [0.717, 1.165) is 38.0 Å². The largest absolute Gasteiger partial charge is 0.495 e. The predicted molar refractivity (Wildman–Crippen MR) is 152 cm³/mol. The van der Waals surface area contributed by atoms with E-state index in [1.807, 2.05) is 65.6 Å². The minimum absolute atomic E-state index is 0.0334. The molecule has 198 valence electrons. The van der Waals surface area contributed by atoms with Crippen LogP contribution in [0.5, 0.6) is 17.2 Å². The fraction of sp³-hybridized carbons (Fsp3) is 0.367. The summed E-state index contributed by atoms with van der Waals surface area (Å²) in [6.45, 7) is 10.00. The topological polar surface area (TPSA) is 54.0 Å². The summed E-state index contributed by atoms with van der Waals surface area (Å²) in [6, 6.07) is 22.4. The van der Waals surface area contributed by atoms with Crippen LogP contribution in [0.2, 0.25) is 5.02 Å². The number of para-hydroxylation sites is 2. The van der Waals surface area contributed by atoms with Crippen LogP contribution in [0, 0.1) is 0 Å². The second-order valence-electron chi connectivity index (χ2n) is 8.98. The van der Waals surface area contributed by atoms with Gasteiger partial charge in [-0.15, -0.1) is 0 Å². The lowest BCUT2D eigenvalue weighted by Crippen LogP contribution is -2.41. The van der Waals surface area contributed by atoms with Gasteiger partial charge in [0, 0.05) is 17.6 Å². The molecule has 3 rings (SSSR count). The summed E-state index contributed by atoms with van der Waals surface area (Å²) in [7, 11) is 1.60. The average Bonchev–Trinajstić information content (AvgIpc) is 2.91. The normalized spacial score (nSPS) is 11.7. The first-order valence-corrected chi connectivity index (χ1v) is 13.3. The molecule has 0 saturated carbocycles. The third kappa shape index (κ3) is 8.69. The third-order valence-corrected chi connectivity index (χ3v) is 6.68. The second-order valence-corrected chi connectivity index (χ2v) is 9.42. The summed E-state index contributed by atoms with van der Waals surface area (Å²) in [5, 5.41) is 3.71. The van der Waals surface area contributed by atoms with Gasteiger partial charge < -0.3 is 24.6 Å². The number of benzene rings is 3. The van der Waals surface area contributed by atoms with Crippen LogP contribution >= 0.6 is 11.6 Å². The lowest BCUT2D eigenvalue weighted by atomic mass is 10.1. The number of ether oxygens (including phenoxy) is 2. The van der Waals surface area contributed by atoms with Crippen LogP contribution in [0.25, 0.3) is 0 Å². The summed E-state index contributed by atoms with van der Waals surface area (Å²) in [5.74, 6) is 2.04. The molecular formula is C30H38ClN3O3. The van der Waals surface area contributed by atoms with E-state index < -0.39 is 0 Å². The smallest absolute Gasteiger partial charge is 0.322 e. The molecule has 0 spiro atoms. The molecule has 1 atom stereocenters. The summed E-state index contributed by atoms with van der Waals surface area (Å²) >= 11 is 5.99. The Hall–Kier alpha value is -3.22. The quantitative estimate of drug-likeness (QED) is 0.249. The molecule has 0 aliphatic heterocycles. The lowest BCUT2D eigenvalue weighted by molar-refractivity contribution is 0.180. The SMILES string of the molecule is CCN(CC)CCCC(C)N(Cc1cccc(Oc2ccc(Cl)cc2)c1)C(=O)Nc1ccccc1OC. The first-order chi connectivity index (χ1) is 17.9. The predicted octanol–water partition coefficient (Wildman–Crippen LogP) is 7.69. The minimum Gasteiger partial charge on any atom is -0.495 e. The molecule has 37 heavy (non-hydrogen) atoms. The van der Waals surface area contributed by atoms with Crippen molar-refractivity contribution < 1.29 is 14.3 Å². The highest BCUT2D eigenvalue weighted by Gasteiger charge is 2.22. The molecule has 0 aliphatic carbocycles. The Bertz CT molecular complexity index is 1120. The van der Waals surface area contributed by atoms with Crippen molar-refractivity contribution in [2.75, 3.05) is 32.1 Å². The van der Waals surface area contributed by atoms with Gasteiger partial charge in [0.1, 0.15) is 17.2 Å². The van der Waals surface area contributed by atoms with Crippen molar-refractivity contribution in [1.29, 1.82) is 0 Å². The average molecular weight is 524 g/mol. The van der Waals surface area contributed by atoms with Gasteiger partial charge in [-0.3, -0.25) is 0 Å². The summed E-state index contributed by atoms with van der Waals surface area (Å²) in [4.78, 5) is 17.8. The number of urea groups is 1. The highest BCUT2D eigenvalue weighted by Crippen LogP contribution is 2.27. The highest BCUT2D eigenvalue weighted by atomic mass is 35.5. The molecule has 3 aromatic rings. The Morgan fingerprint density at radius 2 is 1.70 bits per heavy atom. The number of rotatable bonds is 13. The maximum absolute atomic E-state index is 13.5. The zero-order chi connectivity index (χ0) is 26.6. The van der Waals surface area contributed by atoms with E-state index in [4.69, 9.17) is 21.1 Å². The van der Waals surface area contributed by atoms with Crippen LogP contribution in [0.15, 0.2) is 72.8 Å². The minimum atomic E-state index is -0.163. The molecule has 0 aliphatic rings. The van der Waals surface area contributed by atoms with Crippen LogP contribution in [-0.2, 0) is 6.54 Å². The molecule has 1 N–H and O–H groups in total. The van der Waals surface area contributed by atoms with Crippen LogP contribution in [0.4, 0.5) is 10.5 Å². The Morgan fingerprint density at radius 3 is 2.41 bits per heavy atom. The summed E-state index contributed by atoms with van der Waals surface area (Å²) in [6.07, 6.45) is 1.91. The van der Waals surface area contributed by atoms with Gasteiger partial charge in [0.05, 0.1) is 12.8 Å². The van der Waals surface area contributed by atoms with Crippen molar-refractivity contribution in [1.82, 2.24) is 9.80 Å². The number of carbonyl (C=O) groups is 1. The summed E-state index contributed by atoms with van der Waals surface area (Å²) < 4.78 is 11.5. The van der Waals surface area contributed by atoms with Crippen LogP contribution in [0.1, 0.15) is 39.2 Å². The van der Waals surface area contributed by atoms with E-state index >= 15 is 0 Å².